The van der Waals surface area contributed by atoms with Crippen LogP contribution < -0.4 is 0 Å². The fourth-order valence-electron chi connectivity index (χ4n) is 4.81. The molecule has 0 spiro atoms. The van der Waals surface area contributed by atoms with Crippen molar-refractivity contribution in [1.29, 1.82) is 0 Å². The van der Waals surface area contributed by atoms with Crippen molar-refractivity contribution in [3.63, 3.8) is 0 Å². The zero-order chi connectivity index (χ0) is 19.3. The Morgan fingerprint density at radius 3 is 1.48 bits per heavy atom. The zero-order valence-corrected chi connectivity index (χ0v) is 21.1. The molecule has 0 N–H and O–H groups in total. The van der Waals surface area contributed by atoms with Gasteiger partial charge in [0.2, 0.25) is 0 Å². The van der Waals surface area contributed by atoms with Crippen molar-refractivity contribution in [2.24, 2.45) is 0 Å². The van der Waals surface area contributed by atoms with Crippen LogP contribution >= 0.6 is 45.2 Å². The maximum absolute atomic E-state index is 2.50. The van der Waals surface area contributed by atoms with Crippen molar-refractivity contribution in [3.05, 3.63) is 54.7 Å². The van der Waals surface area contributed by atoms with Crippen molar-refractivity contribution < 1.29 is 0 Å². The molecule has 0 atom stereocenters. The highest BCUT2D eigenvalue weighted by Gasteiger charge is 2.42. The van der Waals surface area contributed by atoms with Crippen LogP contribution in [-0.2, 0) is 5.41 Å². The van der Waals surface area contributed by atoms with E-state index in [9.17, 15) is 0 Å². The lowest BCUT2D eigenvalue weighted by Crippen LogP contribution is -2.25. The highest BCUT2D eigenvalue weighted by atomic mass is 127. The third-order valence-electron chi connectivity index (χ3n) is 6.20. The number of fused-ring (bicyclic) bond motifs is 3. The minimum atomic E-state index is 0.231. The summed E-state index contributed by atoms with van der Waals surface area (Å²) in [5.74, 6) is 0. The molecule has 0 fully saturated rings. The molecular formula is C25H32I2. The fourth-order valence-corrected chi connectivity index (χ4v) is 5.79. The molecule has 2 heteroatoms. The maximum Gasteiger partial charge on any atom is 0.0216 e. The topological polar surface area (TPSA) is 0 Å². The molecule has 0 aliphatic heterocycles. The average molecular weight is 586 g/mol. The van der Waals surface area contributed by atoms with E-state index in [1.807, 2.05) is 0 Å². The third kappa shape index (κ3) is 4.73. The summed E-state index contributed by atoms with van der Waals surface area (Å²) in [6.45, 7) is 4.62. The number of benzene rings is 2. The van der Waals surface area contributed by atoms with Crippen molar-refractivity contribution >= 4 is 45.2 Å². The molecule has 0 radical (unpaired) electrons. The van der Waals surface area contributed by atoms with Crippen molar-refractivity contribution in [2.75, 3.05) is 0 Å². The Labute approximate surface area is 193 Å². The summed E-state index contributed by atoms with van der Waals surface area (Å²) < 4.78 is 2.75. The van der Waals surface area contributed by atoms with E-state index in [0.29, 0.717) is 0 Å². The van der Waals surface area contributed by atoms with Crippen molar-refractivity contribution in [2.45, 2.75) is 83.5 Å². The van der Waals surface area contributed by atoms with Gasteiger partial charge in [-0.2, -0.15) is 0 Å². The van der Waals surface area contributed by atoms with Crippen LogP contribution in [0, 0.1) is 7.14 Å². The minimum Gasteiger partial charge on any atom is -0.0654 e. The summed E-state index contributed by atoms with van der Waals surface area (Å²) in [5.41, 5.74) is 6.44. The second-order valence-electron chi connectivity index (χ2n) is 8.08. The molecule has 0 saturated carbocycles. The summed E-state index contributed by atoms with van der Waals surface area (Å²) >= 11 is 4.99. The van der Waals surface area contributed by atoms with Gasteiger partial charge >= 0.3 is 0 Å². The molecule has 2 aromatic rings. The SMILES string of the molecule is CCCCCCC1(CCCCCC)c2cc(I)ccc2-c2ccc(I)cc21. The molecule has 1 aliphatic rings. The van der Waals surface area contributed by atoms with E-state index in [4.69, 9.17) is 0 Å². The second-order valence-corrected chi connectivity index (χ2v) is 10.6. The summed E-state index contributed by atoms with van der Waals surface area (Å²) in [7, 11) is 0. The molecule has 0 unspecified atom stereocenters. The molecule has 0 aromatic heterocycles. The van der Waals surface area contributed by atoms with Gasteiger partial charge in [0.1, 0.15) is 0 Å². The van der Waals surface area contributed by atoms with Crippen LogP contribution in [0.5, 0.6) is 0 Å². The predicted octanol–water partition coefficient (Wildman–Crippen LogP) is 9.10. The van der Waals surface area contributed by atoms with E-state index in [0.717, 1.165) is 0 Å². The Kier molecular flexibility index (Phi) is 8.07. The second kappa shape index (κ2) is 10.1. The van der Waals surface area contributed by atoms with Gasteiger partial charge in [-0.05, 0) is 105 Å². The first-order valence-electron chi connectivity index (χ1n) is 10.7. The van der Waals surface area contributed by atoms with E-state index >= 15 is 0 Å². The summed E-state index contributed by atoms with van der Waals surface area (Å²) in [4.78, 5) is 0. The smallest absolute Gasteiger partial charge is 0.0216 e. The molecule has 0 bridgehead atoms. The number of hydrogen-bond acceptors (Lipinski definition) is 0. The van der Waals surface area contributed by atoms with Gasteiger partial charge in [0.15, 0.2) is 0 Å². The van der Waals surface area contributed by atoms with Gasteiger partial charge in [0.05, 0.1) is 0 Å². The largest absolute Gasteiger partial charge is 0.0654 e. The van der Waals surface area contributed by atoms with Gasteiger partial charge in [-0.15, -0.1) is 0 Å². The number of unbranched alkanes of at least 4 members (excludes halogenated alkanes) is 6. The Morgan fingerprint density at radius 2 is 1.07 bits per heavy atom. The van der Waals surface area contributed by atoms with Crippen LogP contribution in [0.25, 0.3) is 11.1 Å². The van der Waals surface area contributed by atoms with Gasteiger partial charge < -0.3 is 0 Å². The Bertz CT molecular complexity index is 697. The van der Waals surface area contributed by atoms with Crippen LogP contribution in [0.3, 0.4) is 0 Å². The molecule has 0 amide bonds. The molecule has 0 saturated heterocycles. The zero-order valence-electron chi connectivity index (χ0n) is 16.8. The molecule has 1 aliphatic carbocycles. The van der Waals surface area contributed by atoms with Crippen LogP contribution in [-0.4, -0.2) is 0 Å². The molecule has 0 nitrogen and oxygen atoms in total. The van der Waals surface area contributed by atoms with Crippen LogP contribution in [0.2, 0.25) is 0 Å². The number of hydrogen-bond donors (Lipinski definition) is 0. The number of halogens is 2. The minimum absolute atomic E-state index is 0.231. The van der Waals surface area contributed by atoms with E-state index in [1.54, 1.807) is 11.1 Å². The van der Waals surface area contributed by atoms with Gasteiger partial charge in [0, 0.05) is 12.6 Å². The summed E-state index contributed by atoms with van der Waals surface area (Å²) in [6, 6.07) is 14.3. The summed E-state index contributed by atoms with van der Waals surface area (Å²) in [6.07, 6.45) is 13.4. The van der Waals surface area contributed by atoms with Crippen LogP contribution in [0.15, 0.2) is 36.4 Å². The number of rotatable bonds is 10. The normalized spacial score (nSPS) is 14.2. The fraction of sp³-hybridized carbons (Fsp3) is 0.520. The average Bonchev–Trinajstić information content (AvgIpc) is 2.92. The van der Waals surface area contributed by atoms with Gasteiger partial charge in [0.25, 0.3) is 0 Å². The van der Waals surface area contributed by atoms with Crippen molar-refractivity contribution in [3.8, 4) is 11.1 Å². The van der Waals surface area contributed by atoms with E-state index in [1.165, 1.54) is 82.5 Å². The van der Waals surface area contributed by atoms with Gasteiger partial charge in [-0.3, -0.25) is 0 Å². The monoisotopic (exact) mass is 586 g/mol. The quantitative estimate of drug-likeness (QED) is 0.193. The Morgan fingerprint density at radius 1 is 0.630 bits per heavy atom. The Hall–Kier alpha value is -0.100. The lowest BCUT2D eigenvalue weighted by molar-refractivity contribution is 0.400. The lowest BCUT2D eigenvalue weighted by atomic mass is 9.70. The Balaban J connectivity index is 2.03. The van der Waals surface area contributed by atoms with Crippen LogP contribution in [0.1, 0.15) is 89.2 Å². The van der Waals surface area contributed by atoms with Gasteiger partial charge in [-0.25, -0.2) is 0 Å². The summed E-state index contributed by atoms with van der Waals surface area (Å²) in [5, 5.41) is 0. The third-order valence-corrected chi connectivity index (χ3v) is 7.54. The molecule has 146 valence electrons. The van der Waals surface area contributed by atoms with E-state index in [2.05, 4.69) is 95.4 Å². The standard InChI is InChI=1S/C25H32I2/c1-3-5-7-9-15-25(16-10-8-6-4-2)23-17-19(26)11-13-21(23)22-14-12-20(27)18-24(22)25/h11-14,17-18H,3-10,15-16H2,1-2H3. The van der Waals surface area contributed by atoms with E-state index < -0.39 is 0 Å². The highest BCUT2D eigenvalue weighted by Crippen LogP contribution is 2.54. The molecule has 27 heavy (non-hydrogen) atoms. The lowest BCUT2D eigenvalue weighted by Gasteiger charge is -2.33. The van der Waals surface area contributed by atoms with Gasteiger partial charge in [-0.1, -0.05) is 77.3 Å². The maximum atomic E-state index is 2.50. The first-order valence-corrected chi connectivity index (χ1v) is 12.9. The van der Waals surface area contributed by atoms with Crippen LogP contribution in [0.4, 0.5) is 0 Å². The molecule has 2 aromatic carbocycles. The molecular weight excluding hydrogens is 554 g/mol. The predicted molar refractivity (Wildman–Crippen MR) is 136 cm³/mol. The highest BCUT2D eigenvalue weighted by molar-refractivity contribution is 14.1. The van der Waals surface area contributed by atoms with Crippen molar-refractivity contribution in [1.82, 2.24) is 0 Å². The first kappa shape index (κ1) is 21.6. The molecule has 0 heterocycles. The molecule has 3 rings (SSSR count). The first-order chi connectivity index (χ1) is 13.1. The van der Waals surface area contributed by atoms with E-state index in [-0.39, 0.29) is 5.41 Å².